The Labute approximate surface area is 174 Å². The van der Waals surface area contributed by atoms with Gasteiger partial charge in [-0.25, -0.2) is 8.78 Å². The molecule has 1 heterocycles. The molecule has 2 aromatic rings. The van der Waals surface area contributed by atoms with Crippen LogP contribution in [-0.4, -0.2) is 39.8 Å². The van der Waals surface area contributed by atoms with Gasteiger partial charge in [0.15, 0.2) is 0 Å². The summed E-state index contributed by atoms with van der Waals surface area (Å²) in [6, 6.07) is 5.40. The Kier molecular flexibility index (Phi) is 7.41. The Morgan fingerprint density at radius 3 is 2.37 bits per heavy atom. The molecule has 1 amide bonds. The zero-order valence-corrected chi connectivity index (χ0v) is 17.5. The number of ketones is 1. The largest absolute Gasteiger partial charge is 0.667 e. The smallest absolute Gasteiger partial charge is 0.251 e. The first kappa shape index (κ1) is 23.6. The number of nitrogens with zero attached hydrogens (tertiary/aromatic N) is 2. The van der Waals surface area contributed by atoms with E-state index in [0.717, 1.165) is 0 Å². The Balaban J connectivity index is 1.99. The predicted molar refractivity (Wildman–Crippen MR) is 107 cm³/mol. The van der Waals surface area contributed by atoms with E-state index in [4.69, 9.17) is 10.3 Å². The van der Waals surface area contributed by atoms with Gasteiger partial charge in [0, 0.05) is 18.3 Å². The lowest BCUT2D eigenvalue weighted by Gasteiger charge is -2.27. The van der Waals surface area contributed by atoms with Gasteiger partial charge >= 0.3 is 0 Å². The molecule has 0 fully saturated rings. The van der Waals surface area contributed by atoms with Crippen molar-refractivity contribution >= 4 is 11.7 Å². The molecule has 0 aliphatic heterocycles. The summed E-state index contributed by atoms with van der Waals surface area (Å²) >= 11 is 0. The number of Topliss-reactive ketones (excluding diaryl/α,β-unsaturated/α-hetero) is 1. The number of hydrogen-bond donors (Lipinski definition) is 1. The Morgan fingerprint density at radius 1 is 1.20 bits per heavy atom. The molecule has 9 heteroatoms. The van der Waals surface area contributed by atoms with Gasteiger partial charge in [0.2, 0.25) is 23.4 Å². The van der Waals surface area contributed by atoms with Crippen LogP contribution in [0.2, 0.25) is 0 Å². The number of carbonyl (C=O) groups excluding carboxylic acids is 2. The molecule has 0 spiro atoms. The van der Waals surface area contributed by atoms with E-state index >= 15 is 0 Å². The molecule has 1 aromatic heterocycles. The first-order valence-electron chi connectivity index (χ1n) is 9.74. The van der Waals surface area contributed by atoms with E-state index in [-0.39, 0.29) is 18.1 Å². The highest BCUT2D eigenvalue weighted by atomic mass is 19.3. The van der Waals surface area contributed by atoms with Crippen molar-refractivity contribution in [2.75, 3.05) is 0 Å². The second kappa shape index (κ2) is 9.42. The van der Waals surface area contributed by atoms with E-state index < -0.39 is 48.0 Å². The molecule has 2 N–H and O–H groups in total. The SMILES string of the molecule is CCC(NC(=O)[C@@H]([NH-])CC(F)(F)Cc1ccccc1)C(=O)c1noc(C(C)(C)C)n1. The summed E-state index contributed by atoms with van der Waals surface area (Å²) in [6.07, 6.45) is -1.32. The van der Waals surface area contributed by atoms with E-state index in [1.54, 1.807) is 37.3 Å². The van der Waals surface area contributed by atoms with E-state index in [0.29, 0.717) is 5.56 Å². The van der Waals surface area contributed by atoms with Crippen molar-refractivity contribution in [1.82, 2.24) is 15.5 Å². The molecule has 164 valence electrons. The zero-order chi connectivity index (χ0) is 22.5. The van der Waals surface area contributed by atoms with Crippen molar-refractivity contribution in [3.8, 4) is 0 Å². The second-order valence-electron chi connectivity index (χ2n) is 8.28. The molecule has 0 aliphatic carbocycles. The normalized spacial score (nSPS) is 14.2. The Morgan fingerprint density at radius 2 is 1.83 bits per heavy atom. The molecule has 1 unspecified atom stereocenters. The van der Waals surface area contributed by atoms with Crippen LogP contribution < -0.4 is 5.32 Å². The number of nitrogens with one attached hydrogen (secondary N) is 2. The number of amides is 1. The quantitative estimate of drug-likeness (QED) is 0.612. The fraction of sp³-hybridized carbons (Fsp3) is 0.524. The van der Waals surface area contributed by atoms with E-state index in [1.165, 1.54) is 0 Å². The summed E-state index contributed by atoms with van der Waals surface area (Å²) in [5.74, 6) is -4.68. The number of carbonyl (C=O) groups is 2. The van der Waals surface area contributed by atoms with Crippen molar-refractivity contribution in [2.45, 2.75) is 70.4 Å². The van der Waals surface area contributed by atoms with Gasteiger partial charge in [0.25, 0.3) is 5.92 Å². The number of aromatic nitrogens is 2. The Bertz CT molecular complexity index is 863. The lowest BCUT2D eigenvalue weighted by atomic mass is 9.97. The van der Waals surface area contributed by atoms with Crippen LogP contribution in [0.4, 0.5) is 8.78 Å². The second-order valence-corrected chi connectivity index (χ2v) is 8.28. The molecule has 1 aromatic carbocycles. The third kappa shape index (κ3) is 6.41. The first-order chi connectivity index (χ1) is 13.9. The monoisotopic (exact) mass is 421 g/mol. The zero-order valence-electron chi connectivity index (χ0n) is 17.5. The van der Waals surface area contributed by atoms with Crippen LogP contribution in [0.3, 0.4) is 0 Å². The van der Waals surface area contributed by atoms with Gasteiger partial charge in [0.05, 0.1) is 6.04 Å². The number of halogens is 2. The van der Waals surface area contributed by atoms with Crippen LogP contribution >= 0.6 is 0 Å². The fourth-order valence-corrected chi connectivity index (χ4v) is 2.77. The van der Waals surface area contributed by atoms with E-state index in [1.807, 2.05) is 20.8 Å². The molecule has 2 atom stereocenters. The molecular formula is C21H27F2N4O3-. The molecule has 7 nitrogen and oxygen atoms in total. The molecular weight excluding hydrogens is 394 g/mol. The van der Waals surface area contributed by atoms with Gasteiger partial charge in [-0.1, -0.05) is 69.2 Å². The van der Waals surface area contributed by atoms with Gasteiger partial charge in [0.1, 0.15) is 0 Å². The Hall–Kier alpha value is -2.68. The maximum atomic E-state index is 14.3. The fourth-order valence-electron chi connectivity index (χ4n) is 2.77. The van der Waals surface area contributed by atoms with Crippen LogP contribution in [0.1, 0.15) is 62.6 Å². The minimum Gasteiger partial charge on any atom is -0.667 e. The van der Waals surface area contributed by atoms with Crippen LogP contribution in [0, 0.1) is 0 Å². The number of benzene rings is 1. The molecule has 0 bridgehead atoms. The third-order valence-corrected chi connectivity index (χ3v) is 4.45. The van der Waals surface area contributed by atoms with Crippen LogP contribution in [-0.2, 0) is 16.6 Å². The van der Waals surface area contributed by atoms with Gasteiger partial charge in [-0.15, -0.1) is 0 Å². The van der Waals surface area contributed by atoms with Gasteiger partial charge < -0.3 is 15.6 Å². The minimum atomic E-state index is -3.23. The standard InChI is InChI=1S/C21H27F2N4O3/c1-5-15(16(28)17-26-19(30-27-17)20(2,3)4)25-18(29)14(24)12-21(22,23)11-13-9-7-6-8-10-13/h6-10,14-15,24H,5,11-12H2,1-4H3,(H,25,29)/q-1/t14-,15?/m0/s1. The summed E-state index contributed by atoms with van der Waals surface area (Å²) in [7, 11) is 0. The average Bonchev–Trinajstić information content (AvgIpc) is 3.16. The van der Waals surface area contributed by atoms with Crippen LogP contribution in [0.5, 0.6) is 0 Å². The summed E-state index contributed by atoms with van der Waals surface area (Å²) in [5, 5.41) is 6.02. The highest BCUT2D eigenvalue weighted by Crippen LogP contribution is 2.26. The van der Waals surface area contributed by atoms with Gasteiger partial charge in [-0.3, -0.25) is 9.59 Å². The summed E-state index contributed by atoms with van der Waals surface area (Å²) in [5.41, 5.74) is 7.81. The molecule has 0 radical (unpaired) electrons. The number of alkyl halides is 2. The lowest BCUT2D eigenvalue weighted by Crippen LogP contribution is -2.46. The molecule has 0 aliphatic rings. The maximum absolute atomic E-state index is 14.3. The van der Waals surface area contributed by atoms with Crippen molar-refractivity contribution in [3.05, 3.63) is 53.3 Å². The highest BCUT2D eigenvalue weighted by molar-refractivity contribution is 5.99. The van der Waals surface area contributed by atoms with Gasteiger partial charge in [-0.05, 0) is 12.0 Å². The first-order valence-corrected chi connectivity index (χ1v) is 9.74. The molecule has 0 saturated heterocycles. The van der Waals surface area contributed by atoms with Crippen molar-refractivity contribution < 1.29 is 22.9 Å². The minimum absolute atomic E-state index is 0.192. The maximum Gasteiger partial charge on any atom is 0.251 e. The molecule has 0 saturated carbocycles. The summed E-state index contributed by atoms with van der Waals surface area (Å²) in [4.78, 5) is 28.9. The van der Waals surface area contributed by atoms with Crippen molar-refractivity contribution in [1.29, 1.82) is 0 Å². The highest BCUT2D eigenvalue weighted by Gasteiger charge is 2.33. The predicted octanol–water partition coefficient (Wildman–Crippen LogP) is 4.13. The number of hydrogen-bond acceptors (Lipinski definition) is 5. The topological polar surface area (TPSA) is 109 Å². The van der Waals surface area contributed by atoms with Crippen LogP contribution in [0.15, 0.2) is 34.9 Å². The molecule has 30 heavy (non-hydrogen) atoms. The third-order valence-electron chi connectivity index (χ3n) is 4.45. The van der Waals surface area contributed by atoms with Gasteiger partial charge in [-0.2, -0.15) is 4.98 Å². The van der Waals surface area contributed by atoms with Crippen molar-refractivity contribution in [3.63, 3.8) is 0 Å². The summed E-state index contributed by atoms with van der Waals surface area (Å²) < 4.78 is 33.6. The van der Waals surface area contributed by atoms with E-state index in [2.05, 4.69) is 15.5 Å². The lowest BCUT2D eigenvalue weighted by molar-refractivity contribution is -0.124. The number of rotatable bonds is 9. The van der Waals surface area contributed by atoms with Crippen LogP contribution in [0.25, 0.3) is 5.73 Å². The average molecular weight is 421 g/mol. The molecule has 2 rings (SSSR count). The van der Waals surface area contributed by atoms with Crippen molar-refractivity contribution in [2.24, 2.45) is 0 Å². The van der Waals surface area contributed by atoms with E-state index in [9.17, 15) is 18.4 Å². The summed E-state index contributed by atoms with van der Waals surface area (Å²) in [6.45, 7) is 7.17.